The van der Waals surface area contributed by atoms with Crippen molar-refractivity contribution in [3.8, 4) is 0 Å². The van der Waals surface area contributed by atoms with Crippen molar-refractivity contribution in [3.05, 3.63) is 0 Å². The van der Waals surface area contributed by atoms with Gasteiger partial charge in [-0.2, -0.15) is 0 Å². The zero-order chi connectivity index (χ0) is 72.5. The average Bonchev–Trinajstić information content (AvgIpc) is 1.23. The van der Waals surface area contributed by atoms with Crippen molar-refractivity contribution in [1.82, 2.24) is 21.3 Å². The molecule has 91 heavy (non-hydrogen) atoms. The fourth-order valence-corrected chi connectivity index (χ4v) is 5.49. The number of carbonyl (C=O) groups excluding carboxylic acids is 8. The molecule has 532 valence electrons. The van der Waals surface area contributed by atoms with E-state index in [2.05, 4.69) is 46.7 Å². The Kier molecular flexibility index (Phi) is 46.4. The number of ether oxygens (including phenoxy) is 8. The van der Waals surface area contributed by atoms with E-state index in [1.165, 1.54) is 0 Å². The highest BCUT2D eigenvalue weighted by Crippen LogP contribution is 2.14. The lowest BCUT2D eigenvalue weighted by Gasteiger charge is -2.24. The van der Waals surface area contributed by atoms with Crippen molar-refractivity contribution in [2.75, 3.05) is 19.6 Å². The molecule has 0 aromatic carbocycles. The van der Waals surface area contributed by atoms with Crippen LogP contribution in [0.15, 0.2) is 9.98 Å². The largest absolute Gasteiger partial charge is 0.506 e. The van der Waals surface area contributed by atoms with Gasteiger partial charge in [0, 0.05) is 19.5 Å². The molecule has 18 N–H and O–H groups in total. The van der Waals surface area contributed by atoms with Crippen LogP contribution in [-0.2, 0) is 57.1 Å². The van der Waals surface area contributed by atoms with Gasteiger partial charge in [-0.3, -0.25) is 41.9 Å². The van der Waals surface area contributed by atoms with Crippen LogP contribution in [0.25, 0.3) is 0 Å². The highest BCUT2D eigenvalue weighted by molar-refractivity contribution is 6.36. The molecule has 5 unspecified atom stereocenters. The molecule has 4 amide bonds. The van der Waals surface area contributed by atoms with Crippen molar-refractivity contribution in [2.45, 2.75) is 294 Å². The molecule has 0 rings (SSSR count). The first-order valence-corrected chi connectivity index (χ1v) is 30.4. The van der Waals surface area contributed by atoms with Gasteiger partial charge in [0.1, 0.15) is 45.7 Å². The lowest BCUT2D eigenvalue weighted by atomic mass is 10.1. The Morgan fingerprint density at radius 3 is 1.18 bits per heavy atom. The highest BCUT2D eigenvalue weighted by Gasteiger charge is 2.33. The molecule has 0 aliphatic rings. The maximum Gasteiger partial charge on any atom is 0.506 e. The normalized spacial score (nSPS) is 13.2. The number of nitrogens with zero attached hydrogens (tertiary/aromatic N) is 2. The zero-order valence-electron chi connectivity index (χ0n) is 59.2. The van der Waals surface area contributed by atoms with Gasteiger partial charge in [-0.05, 0) is 197 Å². The molecule has 0 saturated heterocycles. The van der Waals surface area contributed by atoms with Crippen LogP contribution >= 0.6 is 0 Å². The van der Waals surface area contributed by atoms with E-state index in [1.807, 2.05) is 27.7 Å². The van der Waals surface area contributed by atoms with E-state index in [0.29, 0.717) is 32.2 Å². The van der Waals surface area contributed by atoms with Crippen LogP contribution in [0.2, 0.25) is 0 Å². The first-order valence-electron chi connectivity index (χ1n) is 30.4. The second kappa shape index (κ2) is 45.8. The molecule has 0 aromatic rings. The molecule has 31 nitrogen and oxygen atoms in total. The number of quaternary nitrogens is 1. The number of nitrogens with one attached hydrogen (secondary N) is 5. The second-order valence-corrected chi connectivity index (χ2v) is 26.6. The lowest BCUT2D eigenvalue weighted by molar-refractivity contribution is -0.463. The van der Waals surface area contributed by atoms with E-state index >= 15 is 0 Å². The highest BCUT2D eigenvalue weighted by atomic mass is 16.7. The molecular formula is C60H120N12O19+2. The van der Waals surface area contributed by atoms with Gasteiger partial charge in [0.25, 0.3) is 5.78 Å². The number of hydrogen-bond donors (Lipinski definition) is 12. The van der Waals surface area contributed by atoms with Crippen molar-refractivity contribution >= 4 is 72.1 Å². The van der Waals surface area contributed by atoms with Crippen LogP contribution in [0.1, 0.15) is 224 Å². The van der Waals surface area contributed by atoms with E-state index in [1.54, 1.807) is 138 Å². The minimum atomic E-state index is -1.22. The monoisotopic (exact) mass is 1310 g/mol. The predicted octanol–water partition coefficient (Wildman–Crippen LogP) is 4.58. The molecule has 0 fully saturated rings. The minimum Gasteiger partial charge on any atom is -0.461 e. The first kappa shape index (κ1) is 92.3. The van der Waals surface area contributed by atoms with Crippen molar-refractivity contribution in [2.24, 2.45) is 32.9 Å². The number of aliphatic imine (C=N–C) groups is 2. The number of rotatable bonds is 23. The Bertz CT molecular complexity index is 2230. The summed E-state index contributed by atoms with van der Waals surface area (Å²) in [5.41, 5.74) is 20.3. The topological polar surface area (TPSA) is 486 Å². The molecular weight excluding hydrogens is 1190 g/mol. The number of Topliss-reactive ketones (excluding diaryl/α,β-unsaturated/α-hetero) is 1. The molecule has 0 aliphatic carbocycles. The maximum absolute atomic E-state index is 12.6. The van der Waals surface area contributed by atoms with Gasteiger partial charge in [-0.15, -0.1) is 0 Å². The summed E-state index contributed by atoms with van der Waals surface area (Å²) in [6.07, 6.45) is -0.130. The van der Waals surface area contributed by atoms with E-state index in [-0.39, 0.29) is 74.1 Å². The van der Waals surface area contributed by atoms with Gasteiger partial charge in [0.2, 0.25) is 5.96 Å². The molecule has 0 saturated carbocycles. The number of nitrogens with two attached hydrogens (primary N) is 4. The third-order valence-electron chi connectivity index (χ3n) is 9.85. The number of carbonyl (C=O) groups is 9. The number of guanidine groups is 3. The van der Waals surface area contributed by atoms with E-state index in [0.717, 1.165) is 19.3 Å². The number of aliphatic hydroxyl groups is 1. The smallest absolute Gasteiger partial charge is 0.461 e. The van der Waals surface area contributed by atoms with Gasteiger partial charge in [0.15, 0.2) is 12.0 Å². The predicted molar refractivity (Wildman–Crippen MR) is 345 cm³/mol. The minimum absolute atomic E-state index is 0.0390. The molecule has 0 aromatic heterocycles. The Morgan fingerprint density at radius 2 is 0.846 bits per heavy atom. The molecule has 0 bridgehead atoms. The molecule has 0 heterocycles. The number of aliphatic hydroxyl groups excluding tert-OH is 1. The number of ketones is 1. The van der Waals surface area contributed by atoms with Gasteiger partial charge < -0.3 is 75.9 Å². The van der Waals surface area contributed by atoms with E-state index < -0.39 is 93.9 Å². The number of alkyl carbamates (subject to hydrolysis) is 4. The van der Waals surface area contributed by atoms with Crippen LogP contribution in [0.4, 0.5) is 24.0 Å². The number of hydrogen-bond acceptors (Lipinski definition) is 20. The summed E-state index contributed by atoms with van der Waals surface area (Å²) in [4.78, 5) is 118. The Balaban J connectivity index is -0.000000390. The van der Waals surface area contributed by atoms with Crippen LogP contribution in [0.5, 0.6) is 0 Å². The fourth-order valence-electron chi connectivity index (χ4n) is 5.49. The summed E-state index contributed by atoms with van der Waals surface area (Å²) in [6, 6.07) is -2.38. The molecule has 0 spiro atoms. The van der Waals surface area contributed by atoms with Gasteiger partial charge >= 0.3 is 54.4 Å². The maximum atomic E-state index is 12.6. The molecule has 31 heteroatoms. The summed E-state index contributed by atoms with van der Waals surface area (Å²) >= 11 is 0. The van der Waals surface area contributed by atoms with Crippen molar-refractivity contribution < 1.29 is 102 Å². The van der Waals surface area contributed by atoms with Crippen LogP contribution < -0.4 is 54.9 Å². The quantitative estimate of drug-likeness (QED) is 0.0166. The van der Waals surface area contributed by atoms with Crippen LogP contribution in [0, 0.1) is 0 Å². The summed E-state index contributed by atoms with van der Waals surface area (Å²) in [5.74, 6) is -2.76. The van der Waals surface area contributed by atoms with Crippen molar-refractivity contribution in [1.29, 1.82) is 0 Å². The zero-order valence-corrected chi connectivity index (χ0v) is 59.2. The van der Waals surface area contributed by atoms with Crippen molar-refractivity contribution in [3.63, 3.8) is 0 Å². The SMILES string of the molecule is CC(C)(C)OC(=O)N[C@@H](CCCN=C(N)N)C(=O)C(=O)OC(C)(C)C.CC(C)(C)OC(=O)O.CCC(C)O.CCC(C)OC(=O)C(CCCN=C(NC(=O)OC(C)(C)C)NC(=O)OC(C)(C)C)NC(=O)OC(C)(C)C.CCC(C)OC(=O)C([NH3+])CCC[NH+]=C(N)N. The first-order chi connectivity index (χ1) is 41.1. The van der Waals surface area contributed by atoms with Gasteiger partial charge in [0.05, 0.1) is 24.9 Å². The summed E-state index contributed by atoms with van der Waals surface area (Å²) in [5, 5.41) is 26.1. The Morgan fingerprint density at radius 1 is 0.495 bits per heavy atom. The standard InChI is InChI=1S/C25H46N4O8.C16H30N4O5.C10H22N4O2.C5H10O3.C4H10O/c1-12-16(2)34-18(30)17(27-20(31)35-23(3,4)5)14-13-15-26-19(28-21(32)36-24(6,7)8)29-22(33)37-25(9,10)11;1-15(2,3)24-12(22)11(21)10(8-7-9-19-13(17)18)20-14(23)25-16(4,5)6;1-3-7(2)16-9(15)8(11)5-4-6-14-10(12)13;1-5(2,3)8-4(6)7;1-3-4(2)5/h16-17H,12-15H2,1-11H3,(H,27,31)(H2,26,28,29,32,33);10H,7-9H2,1-6H3,(H,20,23)(H4,17,18,19);7-8H,3-6,11H2,1-2H3,(H4,12,13,14);1-3H3,(H,6,7);4-5H,3H2,1-2H3/p+2/t;10-;;;/m.0.../s1. The number of amides is 4. The number of esters is 3. The third-order valence-corrected chi connectivity index (χ3v) is 9.85. The van der Waals surface area contributed by atoms with E-state index in [9.17, 15) is 43.2 Å². The second-order valence-electron chi connectivity index (χ2n) is 26.6. The molecule has 6 atom stereocenters. The fraction of sp³-hybridized carbons (Fsp3) is 0.800. The van der Waals surface area contributed by atoms with Gasteiger partial charge in [-0.1, -0.05) is 20.8 Å². The Hall–Kier alpha value is -7.44. The lowest BCUT2D eigenvalue weighted by Crippen LogP contribution is -2.78. The molecule has 0 radical (unpaired) electrons. The Labute approximate surface area is 540 Å². The average molecular weight is 1310 g/mol. The summed E-state index contributed by atoms with van der Waals surface area (Å²) in [7, 11) is 0. The number of carboxylic acid groups (broad SMARTS) is 1. The molecule has 0 aliphatic heterocycles. The summed E-state index contributed by atoms with van der Waals surface area (Å²) in [6.45, 7) is 42.6. The third kappa shape index (κ3) is 66.8. The van der Waals surface area contributed by atoms with Crippen LogP contribution in [0.3, 0.4) is 0 Å². The van der Waals surface area contributed by atoms with E-state index in [4.69, 9.17) is 66.3 Å². The van der Waals surface area contributed by atoms with Crippen LogP contribution in [-0.4, -0.2) is 172 Å². The van der Waals surface area contributed by atoms with Gasteiger partial charge in [-0.25, -0.2) is 38.4 Å². The summed E-state index contributed by atoms with van der Waals surface area (Å²) < 4.78 is 40.8.